The molecule has 2 N–H and O–H groups in total. The number of anilines is 1. The maximum absolute atomic E-state index is 5.82. The van der Waals surface area contributed by atoms with E-state index in [9.17, 15) is 0 Å². The summed E-state index contributed by atoms with van der Waals surface area (Å²) in [6, 6.07) is 5.85. The van der Waals surface area contributed by atoms with Gasteiger partial charge in [0.1, 0.15) is 0 Å². The van der Waals surface area contributed by atoms with Crippen LogP contribution in [0.2, 0.25) is 0 Å². The van der Waals surface area contributed by atoms with Crippen molar-refractivity contribution in [1.82, 2.24) is 20.2 Å². The Hall–Kier alpha value is -1.91. The average molecular weight is 285 g/mol. The fourth-order valence-corrected chi connectivity index (χ4v) is 3.42. The molecule has 5 heteroatoms. The Labute approximate surface area is 125 Å². The predicted molar refractivity (Wildman–Crippen MR) is 83.5 cm³/mol. The Kier molecular flexibility index (Phi) is 2.87. The monoisotopic (exact) mass is 285 g/mol. The van der Waals surface area contributed by atoms with Gasteiger partial charge in [-0.25, -0.2) is 4.68 Å². The van der Waals surface area contributed by atoms with Crippen LogP contribution in [0.3, 0.4) is 0 Å². The molecular weight excluding hydrogens is 262 g/mol. The van der Waals surface area contributed by atoms with Gasteiger partial charge in [0.2, 0.25) is 0 Å². The molecule has 1 fully saturated rings. The molecule has 5 nitrogen and oxygen atoms in total. The number of nitrogens with zero attached hydrogens (tertiary/aromatic N) is 4. The molecule has 0 bridgehead atoms. The number of aromatic nitrogens is 4. The van der Waals surface area contributed by atoms with E-state index in [4.69, 9.17) is 5.73 Å². The van der Waals surface area contributed by atoms with Crippen LogP contribution in [0.4, 0.5) is 5.69 Å². The molecule has 0 radical (unpaired) electrons. The van der Waals surface area contributed by atoms with Gasteiger partial charge in [0, 0.05) is 17.8 Å². The molecule has 0 unspecified atom stereocenters. The van der Waals surface area contributed by atoms with Crippen molar-refractivity contribution in [2.75, 3.05) is 5.73 Å². The zero-order valence-electron chi connectivity index (χ0n) is 13.4. The number of hydrogen-bond acceptors (Lipinski definition) is 4. The molecule has 1 aliphatic rings. The minimum Gasteiger partial charge on any atom is -0.399 e. The molecule has 0 aliphatic heterocycles. The maximum atomic E-state index is 5.82. The zero-order chi connectivity index (χ0) is 15.4. The summed E-state index contributed by atoms with van der Waals surface area (Å²) in [5.41, 5.74) is 9.38. The molecule has 0 atom stereocenters. The van der Waals surface area contributed by atoms with E-state index >= 15 is 0 Å². The number of tetrazole rings is 1. The molecule has 0 spiro atoms. The van der Waals surface area contributed by atoms with Crippen LogP contribution in [-0.2, 0) is 6.54 Å². The van der Waals surface area contributed by atoms with Crippen molar-refractivity contribution in [2.45, 2.75) is 41.2 Å². The number of hydrogen-bond donors (Lipinski definition) is 1. The smallest absolute Gasteiger partial charge is 0.182 e. The van der Waals surface area contributed by atoms with Gasteiger partial charge in [0.05, 0.1) is 0 Å². The van der Waals surface area contributed by atoms with Gasteiger partial charge in [-0.3, -0.25) is 0 Å². The van der Waals surface area contributed by atoms with Crippen LogP contribution in [0, 0.1) is 23.7 Å². The van der Waals surface area contributed by atoms with Gasteiger partial charge in [-0.1, -0.05) is 27.7 Å². The van der Waals surface area contributed by atoms with Crippen LogP contribution in [0.1, 0.15) is 33.3 Å². The third kappa shape index (κ3) is 2.03. The lowest BCUT2D eigenvalue weighted by Crippen LogP contribution is -2.08. The summed E-state index contributed by atoms with van der Waals surface area (Å²) in [6.45, 7) is 12.2. The first-order chi connectivity index (χ1) is 9.75. The number of aryl methyl sites for hydroxylation is 1. The highest BCUT2D eigenvalue weighted by atomic mass is 15.5. The molecule has 3 rings (SSSR count). The molecule has 0 saturated heterocycles. The largest absolute Gasteiger partial charge is 0.399 e. The molecule has 1 heterocycles. The lowest BCUT2D eigenvalue weighted by atomic mass is 10.0. The number of nitrogens with two attached hydrogens (primary N) is 1. The first-order valence-corrected chi connectivity index (χ1v) is 7.38. The second-order valence-electron chi connectivity index (χ2n) is 7.25. The van der Waals surface area contributed by atoms with Gasteiger partial charge in [-0.15, -0.1) is 5.10 Å². The standard InChI is InChI=1S/C16H23N5/c1-10-8-11(17)6-7-12(10)14-18-19-20-21(14)9-13-15(2,3)16(13,4)5/h6-8,13H,9,17H2,1-5H3. The van der Waals surface area contributed by atoms with Crippen molar-refractivity contribution in [1.29, 1.82) is 0 Å². The third-order valence-corrected chi connectivity index (χ3v) is 5.70. The Morgan fingerprint density at radius 3 is 2.43 bits per heavy atom. The van der Waals surface area contributed by atoms with Crippen molar-refractivity contribution in [2.24, 2.45) is 16.7 Å². The highest BCUT2D eigenvalue weighted by Gasteiger charge is 2.64. The highest BCUT2D eigenvalue weighted by Crippen LogP contribution is 2.68. The maximum Gasteiger partial charge on any atom is 0.182 e. The summed E-state index contributed by atoms with van der Waals surface area (Å²) in [5, 5.41) is 12.3. The van der Waals surface area contributed by atoms with Gasteiger partial charge < -0.3 is 5.73 Å². The van der Waals surface area contributed by atoms with E-state index < -0.39 is 0 Å². The molecule has 1 saturated carbocycles. The second kappa shape index (κ2) is 4.29. The molecule has 1 aromatic carbocycles. The molecule has 0 amide bonds. The van der Waals surface area contributed by atoms with Crippen LogP contribution in [0.5, 0.6) is 0 Å². The quantitative estimate of drug-likeness (QED) is 0.880. The van der Waals surface area contributed by atoms with E-state index in [1.807, 2.05) is 29.8 Å². The molecule has 2 aromatic rings. The minimum atomic E-state index is 0.326. The Balaban J connectivity index is 1.92. The van der Waals surface area contributed by atoms with Gasteiger partial charge >= 0.3 is 0 Å². The summed E-state index contributed by atoms with van der Waals surface area (Å²) in [7, 11) is 0. The highest BCUT2D eigenvalue weighted by molar-refractivity contribution is 5.63. The molecule has 112 valence electrons. The summed E-state index contributed by atoms with van der Waals surface area (Å²) < 4.78 is 1.93. The van der Waals surface area contributed by atoms with Crippen molar-refractivity contribution in [3.63, 3.8) is 0 Å². The minimum absolute atomic E-state index is 0.326. The van der Waals surface area contributed by atoms with Gasteiger partial charge in [0.15, 0.2) is 5.82 Å². The van der Waals surface area contributed by atoms with E-state index in [1.165, 1.54) is 0 Å². The topological polar surface area (TPSA) is 69.6 Å². The number of nitrogen functional groups attached to an aromatic ring is 1. The first kappa shape index (κ1) is 14.0. The lowest BCUT2D eigenvalue weighted by molar-refractivity contribution is 0.457. The van der Waals surface area contributed by atoms with Crippen molar-refractivity contribution >= 4 is 5.69 Å². The molecule has 1 aliphatic carbocycles. The van der Waals surface area contributed by atoms with E-state index in [0.29, 0.717) is 16.7 Å². The summed E-state index contributed by atoms with van der Waals surface area (Å²) in [6.07, 6.45) is 0. The zero-order valence-corrected chi connectivity index (χ0v) is 13.4. The molecule has 1 aromatic heterocycles. The second-order valence-corrected chi connectivity index (χ2v) is 7.25. The lowest BCUT2D eigenvalue weighted by Gasteiger charge is -2.08. The summed E-state index contributed by atoms with van der Waals surface area (Å²) >= 11 is 0. The normalized spacial score (nSPS) is 19.7. The fraction of sp³-hybridized carbons (Fsp3) is 0.562. The summed E-state index contributed by atoms with van der Waals surface area (Å²) in [4.78, 5) is 0. The third-order valence-electron chi connectivity index (χ3n) is 5.70. The number of rotatable bonds is 3. The van der Waals surface area contributed by atoms with Crippen LogP contribution in [0.15, 0.2) is 18.2 Å². The van der Waals surface area contributed by atoms with Crippen LogP contribution < -0.4 is 5.73 Å². The van der Waals surface area contributed by atoms with E-state index in [1.54, 1.807) is 0 Å². The van der Waals surface area contributed by atoms with E-state index in [-0.39, 0.29) is 0 Å². The van der Waals surface area contributed by atoms with Crippen LogP contribution in [0.25, 0.3) is 11.4 Å². The van der Waals surface area contributed by atoms with E-state index in [2.05, 4.69) is 43.2 Å². The average Bonchev–Trinajstić information content (AvgIpc) is 2.73. The van der Waals surface area contributed by atoms with Gasteiger partial charge in [-0.05, 0) is 57.9 Å². The first-order valence-electron chi connectivity index (χ1n) is 7.38. The molecular formula is C16H23N5. The van der Waals surface area contributed by atoms with Crippen LogP contribution >= 0.6 is 0 Å². The van der Waals surface area contributed by atoms with Crippen molar-refractivity contribution in [3.05, 3.63) is 23.8 Å². The SMILES string of the molecule is Cc1cc(N)ccc1-c1nnnn1CC1C(C)(C)C1(C)C. The van der Waals surface area contributed by atoms with Crippen LogP contribution in [-0.4, -0.2) is 20.2 Å². The van der Waals surface area contributed by atoms with Crippen molar-refractivity contribution in [3.8, 4) is 11.4 Å². The Morgan fingerprint density at radius 2 is 1.86 bits per heavy atom. The van der Waals surface area contributed by atoms with Crippen molar-refractivity contribution < 1.29 is 0 Å². The van der Waals surface area contributed by atoms with Gasteiger partial charge in [0.25, 0.3) is 0 Å². The van der Waals surface area contributed by atoms with Gasteiger partial charge in [-0.2, -0.15) is 0 Å². The fourth-order valence-electron chi connectivity index (χ4n) is 3.42. The predicted octanol–water partition coefficient (Wildman–Crippen LogP) is 2.91. The van der Waals surface area contributed by atoms with E-state index in [0.717, 1.165) is 29.2 Å². The molecule has 21 heavy (non-hydrogen) atoms. The Morgan fingerprint density at radius 1 is 1.19 bits per heavy atom. The summed E-state index contributed by atoms with van der Waals surface area (Å²) in [5.74, 6) is 1.41. The Bertz CT molecular complexity index is 670. The number of benzene rings is 1.